The van der Waals surface area contributed by atoms with Crippen molar-refractivity contribution < 1.29 is 0 Å². The fourth-order valence-electron chi connectivity index (χ4n) is 10.1. The van der Waals surface area contributed by atoms with E-state index >= 15 is 0 Å². The zero-order valence-corrected chi connectivity index (χ0v) is 19.1. The predicted molar refractivity (Wildman–Crippen MR) is 121 cm³/mol. The fourth-order valence-corrected chi connectivity index (χ4v) is 10.1. The molecule has 0 aromatic rings. The SMILES string of the molecule is CC1CC2CC3CCCNC3CC2C1CC1C(C)CC2CC3CCCNC3CC21. The van der Waals surface area contributed by atoms with E-state index in [0.29, 0.717) is 0 Å². The standard InChI is InChI=1S/C27H46N2/c1-16-9-20-11-18-5-3-7-28-26(18)14-24(20)22(16)13-23-17(2)10-21-12-19-6-4-8-29-27(19)15-25(21)23/h16-29H,3-15H2,1-2H3. The molecule has 4 aliphatic carbocycles. The molecule has 12 atom stereocenters. The molecule has 0 aromatic heterocycles. The minimum atomic E-state index is 0.869. The van der Waals surface area contributed by atoms with Crippen molar-refractivity contribution in [3.63, 3.8) is 0 Å². The van der Waals surface area contributed by atoms with Gasteiger partial charge in [0, 0.05) is 12.1 Å². The van der Waals surface area contributed by atoms with E-state index in [9.17, 15) is 0 Å². The van der Waals surface area contributed by atoms with Crippen LogP contribution in [0.15, 0.2) is 0 Å². The van der Waals surface area contributed by atoms with Crippen molar-refractivity contribution in [1.29, 1.82) is 0 Å². The van der Waals surface area contributed by atoms with Crippen molar-refractivity contribution in [3.05, 3.63) is 0 Å². The van der Waals surface area contributed by atoms with Gasteiger partial charge < -0.3 is 10.6 Å². The molecular formula is C27H46N2. The van der Waals surface area contributed by atoms with Crippen LogP contribution in [0.3, 0.4) is 0 Å². The van der Waals surface area contributed by atoms with Crippen molar-refractivity contribution in [2.24, 2.45) is 59.2 Å². The van der Waals surface area contributed by atoms with Crippen LogP contribution in [-0.4, -0.2) is 25.2 Å². The quantitative estimate of drug-likeness (QED) is 0.644. The lowest BCUT2D eigenvalue weighted by Crippen LogP contribution is -2.48. The van der Waals surface area contributed by atoms with Gasteiger partial charge in [-0.25, -0.2) is 0 Å². The average Bonchev–Trinajstić information content (AvgIpc) is 3.20. The van der Waals surface area contributed by atoms with E-state index in [-0.39, 0.29) is 0 Å². The number of rotatable bonds is 2. The van der Waals surface area contributed by atoms with Crippen LogP contribution in [0.5, 0.6) is 0 Å². The van der Waals surface area contributed by atoms with Gasteiger partial charge in [0.15, 0.2) is 0 Å². The van der Waals surface area contributed by atoms with Crippen LogP contribution in [0.2, 0.25) is 0 Å². The van der Waals surface area contributed by atoms with E-state index < -0.39 is 0 Å². The molecule has 6 rings (SSSR count). The highest BCUT2D eigenvalue weighted by Gasteiger charge is 2.52. The monoisotopic (exact) mass is 398 g/mol. The lowest BCUT2D eigenvalue weighted by Gasteiger charge is -2.45. The third kappa shape index (κ3) is 3.43. The summed E-state index contributed by atoms with van der Waals surface area (Å²) in [5.41, 5.74) is 0. The third-order valence-corrected chi connectivity index (χ3v) is 11.4. The number of hydrogen-bond donors (Lipinski definition) is 2. The summed E-state index contributed by atoms with van der Waals surface area (Å²) in [5.74, 6) is 10.3. The van der Waals surface area contributed by atoms with Crippen LogP contribution < -0.4 is 10.6 Å². The molecule has 2 heterocycles. The first-order chi connectivity index (χ1) is 14.2. The van der Waals surface area contributed by atoms with E-state index in [1.165, 1.54) is 51.6 Å². The summed E-state index contributed by atoms with van der Waals surface area (Å²) < 4.78 is 0. The highest BCUT2D eigenvalue weighted by molar-refractivity contribution is 5.03. The van der Waals surface area contributed by atoms with Crippen LogP contribution in [0.4, 0.5) is 0 Å². The Morgan fingerprint density at radius 3 is 1.55 bits per heavy atom. The lowest BCUT2D eigenvalue weighted by atomic mass is 9.64. The van der Waals surface area contributed by atoms with Gasteiger partial charge in [-0.2, -0.15) is 0 Å². The predicted octanol–water partition coefficient (Wildman–Crippen LogP) is 5.48. The van der Waals surface area contributed by atoms with Gasteiger partial charge in [-0.3, -0.25) is 0 Å². The minimum Gasteiger partial charge on any atom is -0.314 e. The van der Waals surface area contributed by atoms with Gasteiger partial charge in [-0.15, -0.1) is 0 Å². The van der Waals surface area contributed by atoms with Crippen molar-refractivity contribution in [2.75, 3.05) is 13.1 Å². The van der Waals surface area contributed by atoms with E-state index in [0.717, 1.165) is 71.3 Å². The number of nitrogens with one attached hydrogen (secondary N) is 2. The van der Waals surface area contributed by atoms with Crippen molar-refractivity contribution in [1.82, 2.24) is 10.6 Å². The molecule has 0 radical (unpaired) electrons. The molecule has 0 aromatic carbocycles. The molecule has 6 aliphatic rings. The summed E-state index contributed by atoms with van der Waals surface area (Å²) in [6, 6.07) is 1.74. The molecule has 164 valence electrons. The summed E-state index contributed by atoms with van der Waals surface area (Å²) in [5, 5.41) is 7.88. The topological polar surface area (TPSA) is 24.1 Å². The molecule has 0 bridgehead atoms. The van der Waals surface area contributed by atoms with Crippen molar-refractivity contribution >= 4 is 0 Å². The molecule has 2 aliphatic heterocycles. The maximum atomic E-state index is 3.94. The van der Waals surface area contributed by atoms with Crippen LogP contribution in [0.1, 0.15) is 84.5 Å². The van der Waals surface area contributed by atoms with E-state index in [1.54, 1.807) is 32.1 Å². The normalized spacial score (nSPS) is 56.9. The molecule has 29 heavy (non-hydrogen) atoms. The van der Waals surface area contributed by atoms with Crippen LogP contribution in [0.25, 0.3) is 0 Å². The minimum absolute atomic E-state index is 0.869. The van der Waals surface area contributed by atoms with Gasteiger partial charge in [-0.05, 0) is 143 Å². The van der Waals surface area contributed by atoms with Crippen LogP contribution in [-0.2, 0) is 0 Å². The van der Waals surface area contributed by atoms with Crippen molar-refractivity contribution in [2.45, 2.75) is 96.6 Å². The fraction of sp³-hybridized carbons (Fsp3) is 1.00. The zero-order valence-electron chi connectivity index (χ0n) is 19.1. The molecule has 2 N–H and O–H groups in total. The Hall–Kier alpha value is -0.0800. The molecular weight excluding hydrogens is 352 g/mol. The van der Waals surface area contributed by atoms with Gasteiger partial charge in [0.05, 0.1) is 0 Å². The Labute approximate surface area is 179 Å². The molecule has 6 fully saturated rings. The molecule has 2 saturated heterocycles. The summed E-state index contributed by atoms with van der Waals surface area (Å²) in [7, 11) is 0. The van der Waals surface area contributed by atoms with E-state index in [1.807, 2.05) is 0 Å². The second-order valence-electron chi connectivity index (χ2n) is 12.7. The Morgan fingerprint density at radius 2 is 1.07 bits per heavy atom. The van der Waals surface area contributed by atoms with E-state index in [4.69, 9.17) is 0 Å². The van der Waals surface area contributed by atoms with Crippen LogP contribution >= 0.6 is 0 Å². The number of fused-ring (bicyclic) bond motifs is 4. The number of hydrogen-bond acceptors (Lipinski definition) is 2. The first kappa shape index (κ1) is 19.6. The second-order valence-corrected chi connectivity index (χ2v) is 12.7. The highest BCUT2D eigenvalue weighted by atomic mass is 14.9. The first-order valence-electron chi connectivity index (χ1n) is 13.6. The summed E-state index contributed by atoms with van der Waals surface area (Å²) >= 11 is 0. The molecule has 2 heteroatoms. The summed E-state index contributed by atoms with van der Waals surface area (Å²) in [6.45, 7) is 7.85. The van der Waals surface area contributed by atoms with Gasteiger partial charge in [0.25, 0.3) is 0 Å². The summed E-state index contributed by atoms with van der Waals surface area (Å²) in [6.07, 6.45) is 16.7. The first-order valence-corrected chi connectivity index (χ1v) is 13.6. The third-order valence-electron chi connectivity index (χ3n) is 11.4. The molecule has 0 amide bonds. The Kier molecular flexibility index (Phi) is 5.27. The second kappa shape index (κ2) is 7.80. The van der Waals surface area contributed by atoms with Crippen molar-refractivity contribution in [3.8, 4) is 0 Å². The number of piperidine rings is 2. The maximum Gasteiger partial charge on any atom is 0.00982 e. The van der Waals surface area contributed by atoms with Gasteiger partial charge >= 0.3 is 0 Å². The Bertz CT molecular complexity index is 539. The average molecular weight is 399 g/mol. The summed E-state index contributed by atoms with van der Waals surface area (Å²) in [4.78, 5) is 0. The molecule has 4 saturated carbocycles. The Morgan fingerprint density at radius 1 is 0.586 bits per heavy atom. The molecule has 2 nitrogen and oxygen atoms in total. The zero-order chi connectivity index (χ0) is 19.5. The van der Waals surface area contributed by atoms with Gasteiger partial charge in [-0.1, -0.05) is 13.8 Å². The smallest absolute Gasteiger partial charge is 0.00982 e. The lowest BCUT2D eigenvalue weighted by molar-refractivity contribution is 0.0718. The van der Waals surface area contributed by atoms with Gasteiger partial charge in [0.2, 0.25) is 0 Å². The molecule has 12 unspecified atom stereocenters. The Balaban J connectivity index is 1.16. The highest BCUT2D eigenvalue weighted by Crippen LogP contribution is 2.58. The molecule has 0 spiro atoms. The van der Waals surface area contributed by atoms with Gasteiger partial charge in [0.1, 0.15) is 0 Å². The van der Waals surface area contributed by atoms with E-state index in [2.05, 4.69) is 24.5 Å². The largest absolute Gasteiger partial charge is 0.314 e. The van der Waals surface area contributed by atoms with Crippen LogP contribution in [0, 0.1) is 59.2 Å². The maximum absolute atomic E-state index is 3.94.